The Morgan fingerprint density at radius 3 is 2.76 bits per heavy atom. The summed E-state index contributed by atoms with van der Waals surface area (Å²) in [6.07, 6.45) is 0. The van der Waals surface area contributed by atoms with Crippen molar-refractivity contribution in [1.29, 1.82) is 0 Å². The second-order valence-electron chi connectivity index (χ2n) is 5.46. The van der Waals surface area contributed by atoms with Crippen molar-refractivity contribution in [1.82, 2.24) is 4.98 Å². The molecule has 0 aliphatic rings. The first-order valence-electron chi connectivity index (χ1n) is 7.69. The van der Waals surface area contributed by atoms with Crippen LogP contribution < -0.4 is 14.8 Å². The summed E-state index contributed by atoms with van der Waals surface area (Å²) in [5, 5.41) is 4.13. The topological polar surface area (TPSA) is 60.5 Å². The normalized spacial score (nSPS) is 10.5. The predicted molar refractivity (Wildman–Crippen MR) is 98.6 cm³/mol. The van der Waals surface area contributed by atoms with Gasteiger partial charge >= 0.3 is 0 Å². The summed E-state index contributed by atoms with van der Waals surface area (Å²) in [7, 11) is 1.55. The lowest BCUT2D eigenvalue weighted by atomic mass is 10.2. The number of amides is 1. The molecule has 5 nitrogen and oxygen atoms in total. The van der Waals surface area contributed by atoms with Crippen LogP contribution in [-0.4, -0.2) is 24.6 Å². The predicted octanol–water partition coefficient (Wildman–Crippen LogP) is 4.22. The van der Waals surface area contributed by atoms with Crippen molar-refractivity contribution in [2.45, 2.75) is 6.92 Å². The lowest BCUT2D eigenvalue weighted by Gasteiger charge is -2.12. The number of rotatable bonds is 5. The van der Waals surface area contributed by atoms with E-state index in [1.807, 2.05) is 25.1 Å². The van der Waals surface area contributed by atoms with Crippen LogP contribution in [-0.2, 0) is 4.79 Å². The maximum atomic E-state index is 12.2. The summed E-state index contributed by atoms with van der Waals surface area (Å²) in [4.78, 5) is 16.6. The number of hydrogen-bond acceptors (Lipinski definition) is 4. The molecular formula is C19H17ClN2O3. The van der Waals surface area contributed by atoms with E-state index >= 15 is 0 Å². The van der Waals surface area contributed by atoms with E-state index in [4.69, 9.17) is 21.1 Å². The van der Waals surface area contributed by atoms with Gasteiger partial charge in [0.25, 0.3) is 5.91 Å². The summed E-state index contributed by atoms with van der Waals surface area (Å²) in [6.45, 7) is 1.74. The van der Waals surface area contributed by atoms with Gasteiger partial charge in [-0.05, 0) is 37.3 Å². The summed E-state index contributed by atoms with van der Waals surface area (Å²) >= 11 is 6.06. The third-order valence-electron chi connectivity index (χ3n) is 3.60. The summed E-state index contributed by atoms with van der Waals surface area (Å²) in [6, 6.07) is 14.4. The summed E-state index contributed by atoms with van der Waals surface area (Å²) < 4.78 is 10.9. The number of halogens is 1. The number of nitrogens with zero attached hydrogens (tertiary/aromatic N) is 1. The zero-order valence-electron chi connectivity index (χ0n) is 13.9. The largest absolute Gasteiger partial charge is 0.495 e. The smallest absolute Gasteiger partial charge is 0.262 e. The molecule has 1 N–H and O–H groups in total. The van der Waals surface area contributed by atoms with Gasteiger partial charge in [0.05, 0.1) is 18.3 Å². The lowest BCUT2D eigenvalue weighted by Crippen LogP contribution is -2.20. The number of carbonyl (C=O) groups is 1. The molecule has 0 radical (unpaired) electrons. The molecule has 0 bridgehead atoms. The number of ether oxygens (including phenoxy) is 2. The van der Waals surface area contributed by atoms with Crippen molar-refractivity contribution in [2.24, 2.45) is 0 Å². The molecule has 0 saturated carbocycles. The third kappa shape index (κ3) is 4.00. The van der Waals surface area contributed by atoms with Crippen molar-refractivity contribution in [2.75, 3.05) is 19.0 Å². The van der Waals surface area contributed by atoms with Crippen molar-refractivity contribution in [3.8, 4) is 11.5 Å². The molecule has 3 aromatic rings. The average molecular weight is 357 g/mol. The second kappa shape index (κ2) is 7.40. The van der Waals surface area contributed by atoms with Gasteiger partial charge in [-0.2, -0.15) is 0 Å². The Hall–Kier alpha value is -2.79. The van der Waals surface area contributed by atoms with Gasteiger partial charge < -0.3 is 14.8 Å². The van der Waals surface area contributed by atoms with E-state index < -0.39 is 0 Å². The molecule has 0 saturated heterocycles. The Morgan fingerprint density at radius 1 is 1.16 bits per heavy atom. The monoisotopic (exact) mass is 356 g/mol. The molecule has 128 valence electrons. The Kier molecular flexibility index (Phi) is 5.05. The van der Waals surface area contributed by atoms with Gasteiger partial charge in [0, 0.05) is 22.2 Å². The zero-order valence-corrected chi connectivity index (χ0v) is 14.6. The van der Waals surface area contributed by atoms with Gasteiger partial charge in [-0.3, -0.25) is 9.78 Å². The Labute approximate surface area is 150 Å². The zero-order chi connectivity index (χ0) is 17.8. The van der Waals surface area contributed by atoms with E-state index in [0.29, 0.717) is 22.2 Å². The van der Waals surface area contributed by atoms with Gasteiger partial charge in [-0.1, -0.05) is 23.7 Å². The first kappa shape index (κ1) is 17.0. The van der Waals surface area contributed by atoms with E-state index in [9.17, 15) is 4.79 Å². The van der Waals surface area contributed by atoms with Gasteiger partial charge in [0.1, 0.15) is 11.5 Å². The Balaban J connectivity index is 1.76. The number of hydrogen-bond donors (Lipinski definition) is 1. The maximum absolute atomic E-state index is 12.2. The molecule has 1 amide bonds. The molecule has 0 atom stereocenters. The lowest BCUT2D eigenvalue weighted by molar-refractivity contribution is -0.118. The SMILES string of the molecule is COc1ccccc1NC(=O)COc1cc(C)nc2ccc(Cl)cc12. The van der Waals surface area contributed by atoms with Crippen LogP contribution in [0.5, 0.6) is 11.5 Å². The molecule has 0 spiro atoms. The number of fused-ring (bicyclic) bond motifs is 1. The number of nitrogens with one attached hydrogen (secondary N) is 1. The highest BCUT2D eigenvalue weighted by Gasteiger charge is 2.10. The second-order valence-corrected chi connectivity index (χ2v) is 5.90. The Morgan fingerprint density at radius 2 is 1.96 bits per heavy atom. The van der Waals surface area contributed by atoms with E-state index in [1.54, 1.807) is 37.4 Å². The molecule has 1 heterocycles. The summed E-state index contributed by atoms with van der Waals surface area (Å²) in [5.74, 6) is 0.877. The number of carbonyl (C=O) groups excluding carboxylic acids is 1. The molecule has 0 unspecified atom stereocenters. The highest BCUT2D eigenvalue weighted by Crippen LogP contribution is 2.28. The van der Waals surface area contributed by atoms with Gasteiger partial charge in [0.15, 0.2) is 6.61 Å². The fourth-order valence-electron chi connectivity index (χ4n) is 2.49. The number of pyridine rings is 1. The number of methoxy groups -OCH3 is 1. The van der Waals surface area contributed by atoms with Crippen LogP contribution >= 0.6 is 11.6 Å². The van der Waals surface area contributed by atoms with Crippen LogP contribution in [0.2, 0.25) is 5.02 Å². The fraction of sp³-hybridized carbons (Fsp3) is 0.158. The highest BCUT2D eigenvalue weighted by molar-refractivity contribution is 6.31. The minimum Gasteiger partial charge on any atom is -0.495 e. The van der Waals surface area contributed by atoms with Gasteiger partial charge in [0.2, 0.25) is 0 Å². The van der Waals surface area contributed by atoms with E-state index in [1.165, 1.54) is 0 Å². The van der Waals surface area contributed by atoms with Crippen LogP contribution in [0.15, 0.2) is 48.5 Å². The highest BCUT2D eigenvalue weighted by atomic mass is 35.5. The quantitative estimate of drug-likeness (QED) is 0.743. The number of aromatic nitrogens is 1. The van der Waals surface area contributed by atoms with Crippen molar-refractivity contribution < 1.29 is 14.3 Å². The maximum Gasteiger partial charge on any atom is 0.262 e. The summed E-state index contributed by atoms with van der Waals surface area (Å²) in [5.41, 5.74) is 2.16. The molecule has 3 rings (SSSR count). The van der Waals surface area contributed by atoms with Crippen LogP contribution in [0.25, 0.3) is 10.9 Å². The molecule has 1 aromatic heterocycles. The first-order chi connectivity index (χ1) is 12.1. The minimum atomic E-state index is -0.283. The Bertz CT molecular complexity index is 928. The standard InChI is InChI=1S/C19H17ClN2O3/c1-12-9-18(14-10-13(20)7-8-15(14)21-12)25-11-19(23)22-16-5-3-4-6-17(16)24-2/h3-10H,11H2,1-2H3,(H,22,23). The molecule has 2 aromatic carbocycles. The molecule has 0 aliphatic carbocycles. The van der Waals surface area contributed by atoms with Crippen LogP contribution in [0.1, 0.15) is 5.69 Å². The van der Waals surface area contributed by atoms with E-state index in [2.05, 4.69) is 10.3 Å². The van der Waals surface area contributed by atoms with Crippen molar-refractivity contribution in [3.05, 3.63) is 59.2 Å². The number of para-hydroxylation sites is 2. The molecule has 0 aliphatic heterocycles. The van der Waals surface area contributed by atoms with Crippen LogP contribution in [0, 0.1) is 6.92 Å². The minimum absolute atomic E-state index is 0.136. The number of anilines is 1. The van der Waals surface area contributed by atoms with Crippen molar-refractivity contribution in [3.63, 3.8) is 0 Å². The number of aryl methyl sites for hydroxylation is 1. The fourth-order valence-corrected chi connectivity index (χ4v) is 2.66. The average Bonchev–Trinajstić information content (AvgIpc) is 2.60. The molecule has 25 heavy (non-hydrogen) atoms. The van der Waals surface area contributed by atoms with Crippen LogP contribution in [0.4, 0.5) is 5.69 Å². The van der Waals surface area contributed by atoms with Crippen LogP contribution in [0.3, 0.4) is 0 Å². The van der Waals surface area contributed by atoms with Crippen molar-refractivity contribution >= 4 is 34.1 Å². The van der Waals surface area contributed by atoms with Gasteiger partial charge in [-0.25, -0.2) is 0 Å². The first-order valence-corrected chi connectivity index (χ1v) is 8.07. The third-order valence-corrected chi connectivity index (χ3v) is 3.84. The molecule has 6 heteroatoms. The molecule has 0 fully saturated rings. The van der Waals surface area contributed by atoms with E-state index in [0.717, 1.165) is 16.6 Å². The molecular weight excluding hydrogens is 340 g/mol. The number of benzene rings is 2. The van der Waals surface area contributed by atoms with Gasteiger partial charge in [-0.15, -0.1) is 0 Å². The van der Waals surface area contributed by atoms with E-state index in [-0.39, 0.29) is 12.5 Å².